The lowest BCUT2D eigenvalue weighted by molar-refractivity contribution is 0.353. The zero-order valence-electron chi connectivity index (χ0n) is 11.8. The van der Waals surface area contributed by atoms with Crippen molar-refractivity contribution in [1.29, 1.82) is 0 Å². The molecule has 3 atom stereocenters. The standard InChI is InChI=1S/C15H31/c1-7-12(4)10-14(6)15(9-3)11-13(5)8-2/h12-13,15H,7-11H2,1-6H3. The van der Waals surface area contributed by atoms with Crippen LogP contribution in [0.1, 0.15) is 73.6 Å². The fourth-order valence-electron chi connectivity index (χ4n) is 2.23. The molecule has 0 aromatic heterocycles. The minimum absolute atomic E-state index is 0.869. The molecule has 0 heteroatoms. The summed E-state index contributed by atoms with van der Waals surface area (Å²) in [6.45, 7) is 14.1. The second-order valence-electron chi connectivity index (χ2n) is 5.42. The summed E-state index contributed by atoms with van der Waals surface area (Å²) in [6.07, 6.45) is 6.71. The van der Waals surface area contributed by atoms with Crippen LogP contribution in [0.5, 0.6) is 0 Å². The third kappa shape index (κ3) is 6.22. The topological polar surface area (TPSA) is 0 Å². The largest absolute Gasteiger partial charge is 0.0651 e. The molecule has 0 aliphatic heterocycles. The molecule has 3 unspecified atom stereocenters. The van der Waals surface area contributed by atoms with Gasteiger partial charge >= 0.3 is 0 Å². The van der Waals surface area contributed by atoms with Crippen molar-refractivity contribution in [3.8, 4) is 0 Å². The van der Waals surface area contributed by atoms with Crippen molar-refractivity contribution in [2.45, 2.75) is 73.6 Å². The molecule has 0 saturated heterocycles. The van der Waals surface area contributed by atoms with Gasteiger partial charge in [0, 0.05) is 0 Å². The minimum Gasteiger partial charge on any atom is -0.0651 e. The molecule has 0 bridgehead atoms. The summed E-state index contributed by atoms with van der Waals surface area (Å²) in [5.41, 5.74) is 0. The Morgan fingerprint density at radius 3 is 1.80 bits per heavy atom. The molecule has 0 nitrogen and oxygen atoms in total. The zero-order chi connectivity index (χ0) is 11.8. The van der Waals surface area contributed by atoms with Gasteiger partial charge in [-0.2, -0.15) is 0 Å². The van der Waals surface area contributed by atoms with Crippen molar-refractivity contribution in [2.24, 2.45) is 17.8 Å². The molecule has 0 heterocycles. The molecule has 0 aliphatic carbocycles. The van der Waals surface area contributed by atoms with E-state index in [-0.39, 0.29) is 0 Å². The molecule has 0 amide bonds. The van der Waals surface area contributed by atoms with Crippen LogP contribution in [-0.2, 0) is 0 Å². The summed E-state index contributed by atoms with van der Waals surface area (Å²) >= 11 is 0. The maximum absolute atomic E-state index is 2.39. The van der Waals surface area contributed by atoms with E-state index in [0.717, 1.165) is 17.8 Å². The highest BCUT2D eigenvalue weighted by atomic mass is 14.2. The van der Waals surface area contributed by atoms with E-state index in [0.29, 0.717) is 0 Å². The van der Waals surface area contributed by atoms with E-state index in [1.807, 2.05) is 0 Å². The first-order valence-electron chi connectivity index (χ1n) is 6.87. The summed E-state index contributed by atoms with van der Waals surface area (Å²) in [7, 11) is 0. The van der Waals surface area contributed by atoms with Crippen LogP contribution < -0.4 is 0 Å². The quantitative estimate of drug-likeness (QED) is 0.499. The fraction of sp³-hybridized carbons (Fsp3) is 0.933. The Morgan fingerprint density at radius 2 is 1.40 bits per heavy atom. The monoisotopic (exact) mass is 211 g/mol. The lowest BCUT2D eigenvalue weighted by Crippen LogP contribution is -2.15. The van der Waals surface area contributed by atoms with Crippen LogP contribution in [0.15, 0.2) is 0 Å². The van der Waals surface area contributed by atoms with Crippen molar-refractivity contribution in [2.75, 3.05) is 0 Å². The SMILES string of the molecule is CCC(C)C[C](C)C(CC)CC(C)CC. The summed E-state index contributed by atoms with van der Waals surface area (Å²) in [5.74, 6) is 4.37. The molecular formula is C15H31. The second-order valence-corrected chi connectivity index (χ2v) is 5.42. The summed E-state index contributed by atoms with van der Waals surface area (Å²) < 4.78 is 0. The molecule has 0 saturated carbocycles. The lowest BCUT2D eigenvalue weighted by Gasteiger charge is -2.26. The van der Waals surface area contributed by atoms with E-state index in [1.165, 1.54) is 32.1 Å². The number of rotatable bonds is 8. The number of hydrogen-bond donors (Lipinski definition) is 0. The van der Waals surface area contributed by atoms with Crippen molar-refractivity contribution in [3.63, 3.8) is 0 Å². The Morgan fingerprint density at radius 1 is 0.867 bits per heavy atom. The summed E-state index contributed by atoms with van der Waals surface area (Å²) in [5, 5.41) is 0. The maximum Gasteiger partial charge on any atom is -0.0238 e. The predicted molar refractivity (Wildman–Crippen MR) is 70.8 cm³/mol. The van der Waals surface area contributed by atoms with Crippen LogP contribution in [-0.4, -0.2) is 0 Å². The second kappa shape index (κ2) is 8.19. The Hall–Kier alpha value is 0. The third-order valence-corrected chi connectivity index (χ3v) is 3.94. The first-order valence-corrected chi connectivity index (χ1v) is 6.87. The van der Waals surface area contributed by atoms with Crippen LogP contribution in [0.2, 0.25) is 0 Å². The molecule has 0 aromatic carbocycles. The smallest absolute Gasteiger partial charge is 0.0238 e. The van der Waals surface area contributed by atoms with Gasteiger partial charge in [-0.1, -0.05) is 60.8 Å². The average molecular weight is 211 g/mol. The van der Waals surface area contributed by atoms with Crippen molar-refractivity contribution < 1.29 is 0 Å². The van der Waals surface area contributed by atoms with Crippen LogP contribution in [0.3, 0.4) is 0 Å². The fourth-order valence-corrected chi connectivity index (χ4v) is 2.23. The molecule has 0 aliphatic rings. The molecule has 0 fully saturated rings. The van der Waals surface area contributed by atoms with Gasteiger partial charge in [-0.15, -0.1) is 0 Å². The lowest BCUT2D eigenvalue weighted by atomic mass is 9.79. The molecule has 0 aromatic rings. The molecular weight excluding hydrogens is 180 g/mol. The van der Waals surface area contributed by atoms with Gasteiger partial charge in [-0.05, 0) is 36.5 Å². The van der Waals surface area contributed by atoms with Gasteiger partial charge in [-0.25, -0.2) is 0 Å². The van der Waals surface area contributed by atoms with Crippen molar-refractivity contribution >= 4 is 0 Å². The van der Waals surface area contributed by atoms with E-state index in [4.69, 9.17) is 0 Å². The molecule has 15 heavy (non-hydrogen) atoms. The maximum atomic E-state index is 2.39. The van der Waals surface area contributed by atoms with E-state index in [9.17, 15) is 0 Å². The predicted octanol–water partition coefficient (Wildman–Crippen LogP) is 5.48. The minimum atomic E-state index is 0.869. The highest BCUT2D eigenvalue weighted by Crippen LogP contribution is 2.31. The van der Waals surface area contributed by atoms with Gasteiger partial charge in [0.15, 0.2) is 0 Å². The highest BCUT2D eigenvalue weighted by Gasteiger charge is 2.19. The van der Waals surface area contributed by atoms with Gasteiger partial charge < -0.3 is 0 Å². The summed E-state index contributed by atoms with van der Waals surface area (Å²) in [4.78, 5) is 0. The summed E-state index contributed by atoms with van der Waals surface area (Å²) in [6, 6.07) is 0. The number of hydrogen-bond acceptors (Lipinski definition) is 0. The van der Waals surface area contributed by atoms with Crippen LogP contribution in [0, 0.1) is 23.7 Å². The molecule has 1 radical (unpaired) electrons. The Labute approximate surface area is 97.8 Å². The average Bonchev–Trinajstić information content (AvgIpc) is 2.24. The zero-order valence-corrected chi connectivity index (χ0v) is 11.8. The van der Waals surface area contributed by atoms with Gasteiger partial charge in [0.1, 0.15) is 0 Å². The first-order chi connectivity index (χ1) is 7.04. The highest BCUT2D eigenvalue weighted by molar-refractivity contribution is 4.93. The van der Waals surface area contributed by atoms with Gasteiger partial charge in [-0.3, -0.25) is 0 Å². The third-order valence-electron chi connectivity index (χ3n) is 3.94. The Balaban J connectivity index is 4.03. The Kier molecular flexibility index (Phi) is 8.19. The molecule has 91 valence electrons. The van der Waals surface area contributed by atoms with Crippen molar-refractivity contribution in [1.82, 2.24) is 0 Å². The van der Waals surface area contributed by atoms with Crippen LogP contribution in [0.25, 0.3) is 0 Å². The molecule has 0 spiro atoms. The molecule has 0 N–H and O–H groups in total. The van der Waals surface area contributed by atoms with Gasteiger partial charge in [0.2, 0.25) is 0 Å². The first kappa shape index (κ1) is 15.0. The van der Waals surface area contributed by atoms with E-state index >= 15 is 0 Å². The van der Waals surface area contributed by atoms with Crippen LogP contribution in [0.4, 0.5) is 0 Å². The normalized spacial score (nSPS) is 17.8. The van der Waals surface area contributed by atoms with E-state index in [2.05, 4.69) is 41.5 Å². The van der Waals surface area contributed by atoms with E-state index in [1.54, 1.807) is 5.92 Å². The van der Waals surface area contributed by atoms with Crippen LogP contribution >= 0.6 is 0 Å². The van der Waals surface area contributed by atoms with Gasteiger partial charge in [0.25, 0.3) is 0 Å². The van der Waals surface area contributed by atoms with Crippen molar-refractivity contribution in [3.05, 3.63) is 5.92 Å². The van der Waals surface area contributed by atoms with E-state index < -0.39 is 0 Å². The van der Waals surface area contributed by atoms with Gasteiger partial charge in [0.05, 0.1) is 0 Å². The molecule has 0 rings (SSSR count). The Bertz CT molecular complexity index is 139.